The van der Waals surface area contributed by atoms with Crippen LogP contribution in [0.3, 0.4) is 0 Å². The summed E-state index contributed by atoms with van der Waals surface area (Å²) >= 11 is 3.00. The fourth-order valence-electron chi connectivity index (χ4n) is 4.20. The van der Waals surface area contributed by atoms with Gasteiger partial charge in [0.05, 0.1) is 20.0 Å². The summed E-state index contributed by atoms with van der Waals surface area (Å²) in [6.07, 6.45) is 4.20. The molecule has 0 atom stereocenters. The zero-order valence-corrected chi connectivity index (χ0v) is 24.9. The van der Waals surface area contributed by atoms with Crippen molar-refractivity contribution in [2.24, 2.45) is 0 Å². The van der Waals surface area contributed by atoms with E-state index in [-0.39, 0.29) is 5.91 Å². The molecule has 0 unspecified atom stereocenters. The molecule has 0 saturated carbocycles. The van der Waals surface area contributed by atoms with E-state index in [2.05, 4.69) is 51.4 Å². The van der Waals surface area contributed by atoms with Crippen LogP contribution in [0.4, 0.5) is 0 Å². The summed E-state index contributed by atoms with van der Waals surface area (Å²) in [6.45, 7) is 2.61. The first kappa shape index (κ1) is 28.3. The fourth-order valence-corrected chi connectivity index (χ4v) is 5.94. The number of hydrogen-bond donors (Lipinski definition) is 0. The number of nitrogens with zero attached hydrogens (tertiary/aromatic N) is 6. The van der Waals surface area contributed by atoms with Crippen LogP contribution in [-0.4, -0.2) is 63.4 Å². The van der Waals surface area contributed by atoms with Crippen LogP contribution < -0.4 is 9.47 Å². The monoisotopic (exact) mass is 586 g/mol. The van der Waals surface area contributed by atoms with E-state index in [0.717, 1.165) is 32.8 Å². The number of thiazole rings is 1. The number of aromatic nitrogens is 5. The minimum atomic E-state index is -0.111. The third-order valence-electron chi connectivity index (χ3n) is 6.47. The van der Waals surface area contributed by atoms with Gasteiger partial charge in [0.2, 0.25) is 0 Å². The molecule has 0 aliphatic heterocycles. The lowest BCUT2D eigenvalue weighted by Crippen LogP contribution is -2.29. The van der Waals surface area contributed by atoms with Crippen LogP contribution in [0.5, 0.6) is 11.5 Å². The molecule has 0 spiro atoms. The Balaban J connectivity index is 1.26. The number of hydrogen-bond acceptors (Lipinski definition) is 9. The van der Waals surface area contributed by atoms with Gasteiger partial charge in [-0.05, 0) is 55.3 Å². The largest absolute Gasteiger partial charge is 0.493 e. The van der Waals surface area contributed by atoms with Gasteiger partial charge in [0.25, 0.3) is 5.91 Å². The van der Waals surface area contributed by atoms with E-state index in [1.807, 2.05) is 40.3 Å². The maximum absolute atomic E-state index is 13.1. The normalized spacial score (nSPS) is 10.9. The molecule has 0 bridgehead atoms. The molecule has 5 aromatic rings. The number of pyridine rings is 1. The first-order valence-corrected chi connectivity index (χ1v) is 14.8. The highest BCUT2D eigenvalue weighted by atomic mass is 32.2. The van der Waals surface area contributed by atoms with Gasteiger partial charge in [0, 0.05) is 42.6 Å². The van der Waals surface area contributed by atoms with Crippen LogP contribution in [0, 0.1) is 6.92 Å². The van der Waals surface area contributed by atoms with Crippen LogP contribution in [-0.2, 0) is 12.2 Å². The predicted octanol–water partition coefficient (Wildman–Crippen LogP) is 5.72. The Morgan fingerprint density at radius 1 is 1.05 bits per heavy atom. The molecule has 0 radical (unpaired) electrons. The number of rotatable bonds is 11. The molecule has 5 rings (SSSR count). The lowest BCUT2D eigenvalue weighted by atomic mass is 10.1. The fraction of sp³-hybridized carbons (Fsp3) is 0.233. The van der Waals surface area contributed by atoms with E-state index >= 15 is 0 Å². The number of methoxy groups -OCH3 is 2. The summed E-state index contributed by atoms with van der Waals surface area (Å²) in [4.78, 5) is 23.7. The average Bonchev–Trinajstić information content (AvgIpc) is 3.66. The Morgan fingerprint density at radius 2 is 1.85 bits per heavy atom. The number of benzene rings is 2. The first-order valence-electron chi connectivity index (χ1n) is 12.9. The molecule has 0 fully saturated rings. The van der Waals surface area contributed by atoms with E-state index in [1.54, 1.807) is 38.6 Å². The van der Waals surface area contributed by atoms with Gasteiger partial charge < -0.3 is 14.4 Å². The second kappa shape index (κ2) is 13.0. The Bertz CT molecular complexity index is 1620. The van der Waals surface area contributed by atoms with Crippen molar-refractivity contribution >= 4 is 29.0 Å². The van der Waals surface area contributed by atoms with Gasteiger partial charge in [-0.15, -0.1) is 21.5 Å². The molecule has 210 valence electrons. The molecular formula is C30H30N6O3S2. The third kappa shape index (κ3) is 6.58. The molecule has 0 N–H and O–H groups in total. The number of aryl methyl sites for hydroxylation is 1. The maximum Gasteiger partial charge on any atom is 0.273 e. The standard InChI is InChI=1S/C30H30N6O3S2/c1-20-7-10-23(11-8-20)36-28(22-6-5-14-31-17-22)33-34-30(36)41-19-27-32-24(18-40-27)29(37)35(2)15-13-21-9-12-25(38-3)26(16-21)39-4/h5-12,14,16-18H,13,15,19H2,1-4H3. The number of carbonyl (C=O) groups is 1. The number of thioether (sulfide) groups is 1. The number of amides is 1. The summed E-state index contributed by atoms with van der Waals surface area (Å²) in [5, 5.41) is 12.4. The van der Waals surface area contributed by atoms with Crippen LogP contribution in [0.2, 0.25) is 0 Å². The molecule has 3 aromatic heterocycles. The Labute approximate surface area is 247 Å². The van der Waals surface area contributed by atoms with Crippen molar-refractivity contribution in [3.63, 3.8) is 0 Å². The van der Waals surface area contributed by atoms with Crippen molar-refractivity contribution < 1.29 is 14.3 Å². The highest BCUT2D eigenvalue weighted by molar-refractivity contribution is 7.98. The van der Waals surface area contributed by atoms with Crippen molar-refractivity contribution in [2.45, 2.75) is 24.3 Å². The predicted molar refractivity (Wildman–Crippen MR) is 161 cm³/mol. The van der Waals surface area contributed by atoms with Gasteiger partial charge in [0.1, 0.15) is 10.7 Å². The van der Waals surface area contributed by atoms with Gasteiger partial charge in [-0.2, -0.15) is 0 Å². The molecule has 41 heavy (non-hydrogen) atoms. The van der Waals surface area contributed by atoms with Gasteiger partial charge >= 0.3 is 0 Å². The highest BCUT2D eigenvalue weighted by Crippen LogP contribution is 2.31. The number of carbonyl (C=O) groups excluding carboxylic acids is 1. The minimum absolute atomic E-state index is 0.111. The van der Waals surface area contributed by atoms with Crippen molar-refractivity contribution in [1.29, 1.82) is 0 Å². The lowest BCUT2D eigenvalue weighted by Gasteiger charge is -2.16. The summed E-state index contributed by atoms with van der Waals surface area (Å²) in [7, 11) is 5.02. The molecular weight excluding hydrogens is 557 g/mol. The SMILES string of the molecule is COc1ccc(CCN(C)C(=O)c2csc(CSc3nnc(-c4cccnc4)n3-c3ccc(C)cc3)n2)cc1OC. The smallest absolute Gasteiger partial charge is 0.273 e. The number of ether oxygens (including phenoxy) is 2. The lowest BCUT2D eigenvalue weighted by molar-refractivity contribution is 0.0791. The van der Waals surface area contributed by atoms with Gasteiger partial charge in [-0.25, -0.2) is 4.98 Å². The summed E-state index contributed by atoms with van der Waals surface area (Å²) in [6, 6.07) is 17.9. The molecule has 9 nitrogen and oxygen atoms in total. The molecule has 2 aromatic carbocycles. The van der Waals surface area contributed by atoms with Gasteiger partial charge in [-0.3, -0.25) is 14.3 Å². The summed E-state index contributed by atoms with van der Waals surface area (Å²) in [5.41, 5.74) is 4.52. The molecule has 11 heteroatoms. The quantitative estimate of drug-likeness (QED) is 0.182. The van der Waals surface area contributed by atoms with Crippen LogP contribution in [0.25, 0.3) is 17.1 Å². The number of likely N-dealkylation sites (N-methyl/N-ethyl adjacent to an activating group) is 1. The van der Waals surface area contributed by atoms with Crippen LogP contribution >= 0.6 is 23.1 Å². The molecule has 0 saturated heterocycles. The van der Waals surface area contributed by atoms with E-state index in [9.17, 15) is 4.79 Å². The Kier molecular flexibility index (Phi) is 8.95. The minimum Gasteiger partial charge on any atom is -0.493 e. The van der Waals surface area contributed by atoms with Crippen molar-refractivity contribution in [1.82, 2.24) is 29.6 Å². The van der Waals surface area contributed by atoms with E-state index in [0.29, 0.717) is 35.9 Å². The topological polar surface area (TPSA) is 95.3 Å². The van der Waals surface area contributed by atoms with E-state index in [4.69, 9.17) is 9.47 Å². The Hall–Kier alpha value is -4.22. The zero-order chi connectivity index (χ0) is 28.8. The first-order chi connectivity index (χ1) is 20.0. The van der Waals surface area contributed by atoms with Crippen molar-refractivity contribution in [3.05, 3.63) is 94.2 Å². The maximum atomic E-state index is 13.1. The second-order valence-corrected chi connectivity index (χ2v) is 11.2. The van der Waals surface area contributed by atoms with Gasteiger partial charge in [-0.1, -0.05) is 35.5 Å². The zero-order valence-electron chi connectivity index (χ0n) is 23.3. The average molecular weight is 587 g/mol. The summed E-state index contributed by atoms with van der Waals surface area (Å²) in [5.74, 6) is 2.52. The second-order valence-electron chi connectivity index (χ2n) is 9.30. The Morgan fingerprint density at radius 3 is 2.59 bits per heavy atom. The van der Waals surface area contributed by atoms with Crippen LogP contribution in [0.1, 0.15) is 26.6 Å². The van der Waals surface area contributed by atoms with E-state index < -0.39 is 0 Å². The van der Waals surface area contributed by atoms with Crippen molar-refractivity contribution in [3.8, 4) is 28.6 Å². The molecule has 0 aliphatic carbocycles. The summed E-state index contributed by atoms with van der Waals surface area (Å²) < 4.78 is 12.7. The van der Waals surface area contributed by atoms with E-state index in [1.165, 1.54) is 28.7 Å². The molecule has 3 heterocycles. The third-order valence-corrected chi connectivity index (χ3v) is 8.44. The van der Waals surface area contributed by atoms with Crippen molar-refractivity contribution in [2.75, 3.05) is 27.8 Å². The molecule has 0 aliphatic rings. The highest BCUT2D eigenvalue weighted by Gasteiger charge is 2.19. The molecule has 1 amide bonds. The van der Waals surface area contributed by atoms with Crippen LogP contribution in [0.15, 0.2) is 77.5 Å². The van der Waals surface area contributed by atoms with Gasteiger partial charge in [0.15, 0.2) is 22.5 Å².